The van der Waals surface area contributed by atoms with Gasteiger partial charge in [-0.25, -0.2) is 0 Å². The van der Waals surface area contributed by atoms with Gasteiger partial charge in [0.05, 0.1) is 0 Å². The van der Waals surface area contributed by atoms with E-state index in [1.165, 1.54) is 57.8 Å². The topological polar surface area (TPSA) is 44.5 Å². The minimum absolute atomic E-state index is 0.0256. The molecule has 0 aliphatic heterocycles. The van der Waals surface area contributed by atoms with Crippen molar-refractivity contribution in [1.29, 1.82) is 0 Å². The van der Waals surface area contributed by atoms with Gasteiger partial charge in [-0.2, -0.15) is 0 Å². The smallest absolute Gasteiger partial charge is 0.157 e. The summed E-state index contributed by atoms with van der Waals surface area (Å²) in [6.07, 6.45) is 14.3. The van der Waals surface area contributed by atoms with Gasteiger partial charge in [-0.3, -0.25) is 0 Å². The van der Waals surface area contributed by atoms with Crippen LogP contribution in [-0.4, -0.2) is 26.0 Å². The van der Waals surface area contributed by atoms with Crippen LogP contribution in [0.25, 0.3) is 0 Å². The summed E-state index contributed by atoms with van der Waals surface area (Å²) >= 11 is 0. The fraction of sp³-hybridized carbons (Fsp3) is 1.00. The van der Waals surface area contributed by atoms with Crippen LogP contribution in [0, 0.1) is 5.92 Å². The molecule has 0 aliphatic rings. The van der Waals surface area contributed by atoms with E-state index in [0.717, 1.165) is 32.6 Å². The summed E-state index contributed by atoms with van der Waals surface area (Å²) in [7, 11) is 0. The molecule has 0 saturated carbocycles. The molecule has 0 radical (unpaired) electrons. The Morgan fingerprint density at radius 2 is 1.27 bits per heavy atom. The standard InChI is InChI=1S/C19H41NO2/c1-4-7-8-9-10-11-12-14-18(15-13-16-20)17-19(21-5-2)22-6-3/h18-19H,4-17,20H2,1-3H3. The molecule has 0 heterocycles. The summed E-state index contributed by atoms with van der Waals surface area (Å²) in [5.41, 5.74) is 5.69. The average Bonchev–Trinajstić information content (AvgIpc) is 2.51. The first kappa shape index (κ1) is 21.9. The number of ether oxygens (including phenoxy) is 2. The molecule has 134 valence electrons. The Labute approximate surface area is 139 Å². The number of hydrogen-bond acceptors (Lipinski definition) is 3. The summed E-state index contributed by atoms with van der Waals surface area (Å²) in [6.45, 7) is 8.60. The van der Waals surface area contributed by atoms with Gasteiger partial charge in [0, 0.05) is 19.6 Å². The molecular weight excluding hydrogens is 274 g/mol. The third-order valence-electron chi connectivity index (χ3n) is 4.26. The highest BCUT2D eigenvalue weighted by molar-refractivity contribution is 4.63. The number of nitrogens with two attached hydrogens (primary N) is 1. The summed E-state index contributed by atoms with van der Waals surface area (Å²) < 4.78 is 11.4. The molecule has 1 unspecified atom stereocenters. The lowest BCUT2D eigenvalue weighted by Gasteiger charge is -2.23. The van der Waals surface area contributed by atoms with E-state index in [2.05, 4.69) is 6.92 Å². The van der Waals surface area contributed by atoms with Crippen molar-refractivity contribution in [3.8, 4) is 0 Å². The second-order valence-corrected chi connectivity index (χ2v) is 6.28. The maximum atomic E-state index is 5.71. The first-order valence-electron chi connectivity index (χ1n) is 9.71. The van der Waals surface area contributed by atoms with Crippen molar-refractivity contribution < 1.29 is 9.47 Å². The summed E-state index contributed by atoms with van der Waals surface area (Å²) in [4.78, 5) is 0. The third kappa shape index (κ3) is 13.5. The second kappa shape index (κ2) is 17.2. The van der Waals surface area contributed by atoms with Crippen LogP contribution in [0.3, 0.4) is 0 Å². The van der Waals surface area contributed by atoms with Gasteiger partial charge in [-0.1, -0.05) is 58.3 Å². The zero-order valence-corrected chi connectivity index (χ0v) is 15.4. The molecule has 0 rings (SSSR count). The van der Waals surface area contributed by atoms with Gasteiger partial charge in [0.15, 0.2) is 6.29 Å². The van der Waals surface area contributed by atoms with Crippen LogP contribution < -0.4 is 5.73 Å². The van der Waals surface area contributed by atoms with E-state index < -0.39 is 0 Å². The van der Waals surface area contributed by atoms with Crippen molar-refractivity contribution in [3.05, 3.63) is 0 Å². The molecule has 0 aromatic rings. The summed E-state index contributed by atoms with van der Waals surface area (Å²) in [5.74, 6) is 0.697. The van der Waals surface area contributed by atoms with E-state index in [9.17, 15) is 0 Å². The zero-order chi connectivity index (χ0) is 16.5. The molecule has 3 heteroatoms. The quantitative estimate of drug-likeness (QED) is 0.294. The maximum absolute atomic E-state index is 5.71. The molecule has 22 heavy (non-hydrogen) atoms. The lowest BCUT2D eigenvalue weighted by molar-refractivity contribution is -0.146. The lowest BCUT2D eigenvalue weighted by atomic mass is 9.92. The maximum Gasteiger partial charge on any atom is 0.157 e. The van der Waals surface area contributed by atoms with Gasteiger partial charge in [-0.15, -0.1) is 0 Å². The zero-order valence-electron chi connectivity index (χ0n) is 15.4. The van der Waals surface area contributed by atoms with Gasteiger partial charge in [-0.05, 0) is 39.2 Å². The molecule has 2 N–H and O–H groups in total. The van der Waals surface area contributed by atoms with Crippen LogP contribution in [0.4, 0.5) is 0 Å². The normalized spacial score (nSPS) is 13.0. The Hall–Kier alpha value is -0.120. The van der Waals surface area contributed by atoms with E-state index in [-0.39, 0.29) is 6.29 Å². The van der Waals surface area contributed by atoms with Crippen molar-refractivity contribution >= 4 is 0 Å². The van der Waals surface area contributed by atoms with Gasteiger partial charge in [0.25, 0.3) is 0 Å². The van der Waals surface area contributed by atoms with Crippen molar-refractivity contribution in [2.75, 3.05) is 19.8 Å². The Balaban J connectivity index is 3.94. The molecule has 0 saturated heterocycles. The molecule has 0 aromatic carbocycles. The van der Waals surface area contributed by atoms with Crippen molar-refractivity contribution in [2.45, 2.75) is 97.7 Å². The van der Waals surface area contributed by atoms with Crippen LogP contribution in [0.15, 0.2) is 0 Å². The molecule has 0 spiro atoms. The first-order chi connectivity index (χ1) is 10.8. The average molecular weight is 316 g/mol. The van der Waals surface area contributed by atoms with Gasteiger partial charge >= 0.3 is 0 Å². The van der Waals surface area contributed by atoms with Crippen molar-refractivity contribution in [1.82, 2.24) is 0 Å². The minimum Gasteiger partial charge on any atom is -0.353 e. The number of hydrogen-bond donors (Lipinski definition) is 1. The molecule has 0 aromatic heterocycles. The number of rotatable bonds is 17. The van der Waals surface area contributed by atoms with E-state index in [1.54, 1.807) is 0 Å². The fourth-order valence-electron chi connectivity index (χ4n) is 3.00. The monoisotopic (exact) mass is 315 g/mol. The molecule has 1 atom stereocenters. The lowest BCUT2D eigenvalue weighted by Crippen LogP contribution is -2.22. The highest BCUT2D eigenvalue weighted by atomic mass is 16.7. The van der Waals surface area contributed by atoms with Crippen LogP contribution >= 0.6 is 0 Å². The van der Waals surface area contributed by atoms with Crippen LogP contribution in [-0.2, 0) is 9.47 Å². The molecule has 0 amide bonds. The van der Waals surface area contributed by atoms with Crippen LogP contribution in [0.5, 0.6) is 0 Å². The van der Waals surface area contributed by atoms with Crippen LogP contribution in [0.2, 0.25) is 0 Å². The van der Waals surface area contributed by atoms with E-state index in [0.29, 0.717) is 5.92 Å². The SMILES string of the molecule is CCCCCCCCCC(CCCN)CC(OCC)OCC. The van der Waals surface area contributed by atoms with Crippen molar-refractivity contribution in [3.63, 3.8) is 0 Å². The predicted octanol–water partition coefficient (Wildman–Crippen LogP) is 5.27. The predicted molar refractivity (Wildman–Crippen MR) is 96.0 cm³/mol. The van der Waals surface area contributed by atoms with Gasteiger partial charge < -0.3 is 15.2 Å². The number of unbranched alkanes of at least 4 members (excludes halogenated alkanes) is 6. The first-order valence-corrected chi connectivity index (χ1v) is 9.71. The molecule has 0 bridgehead atoms. The minimum atomic E-state index is -0.0256. The molecule has 3 nitrogen and oxygen atoms in total. The fourth-order valence-corrected chi connectivity index (χ4v) is 3.00. The Morgan fingerprint density at radius 3 is 1.82 bits per heavy atom. The third-order valence-corrected chi connectivity index (χ3v) is 4.26. The summed E-state index contributed by atoms with van der Waals surface area (Å²) in [5, 5.41) is 0. The van der Waals surface area contributed by atoms with E-state index >= 15 is 0 Å². The largest absolute Gasteiger partial charge is 0.353 e. The van der Waals surface area contributed by atoms with Gasteiger partial charge in [0.2, 0.25) is 0 Å². The molecular formula is C19H41NO2. The molecule has 0 fully saturated rings. The Morgan fingerprint density at radius 1 is 0.727 bits per heavy atom. The molecule has 0 aliphatic carbocycles. The summed E-state index contributed by atoms with van der Waals surface area (Å²) in [6, 6.07) is 0. The van der Waals surface area contributed by atoms with E-state index in [4.69, 9.17) is 15.2 Å². The van der Waals surface area contributed by atoms with Crippen LogP contribution in [0.1, 0.15) is 91.4 Å². The van der Waals surface area contributed by atoms with Crippen molar-refractivity contribution in [2.24, 2.45) is 11.7 Å². The highest BCUT2D eigenvalue weighted by Crippen LogP contribution is 2.23. The highest BCUT2D eigenvalue weighted by Gasteiger charge is 2.16. The second-order valence-electron chi connectivity index (χ2n) is 6.28. The van der Waals surface area contributed by atoms with Gasteiger partial charge in [0.1, 0.15) is 0 Å². The Bertz CT molecular complexity index is 206. The van der Waals surface area contributed by atoms with E-state index in [1.807, 2.05) is 13.8 Å². The Kier molecular flexibility index (Phi) is 17.1.